The third-order valence-electron chi connectivity index (χ3n) is 8.37. The van der Waals surface area contributed by atoms with Gasteiger partial charge in [-0.15, -0.1) is 0 Å². The van der Waals surface area contributed by atoms with Crippen molar-refractivity contribution in [1.82, 2.24) is 4.90 Å². The SMILES string of the molecule is c1ccc(OC2CCN(c3ccc4c(c3)CCC3(CCN(C5CCC5)CC3)O4)CC2)cc1. The van der Waals surface area contributed by atoms with Crippen molar-refractivity contribution in [2.45, 2.75) is 75.5 Å². The maximum absolute atomic E-state index is 6.70. The van der Waals surface area contributed by atoms with Gasteiger partial charge < -0.3 is 19.3 Å². The summed E-state index contributed by atoms with van der Waals surface area (Å²) >= 11 is 0. The standard InChI is InChI=1S/C28H36N2O2/c1-2-7-25(8-3-1)31-26-12-17-29(18-13-26)24-9-10-27-22(21-24)11-14-28(32-27)15-19-30(20-16-28)23-5-4-6-23/h1-3,7-10,21,23,26H,4-6,11-20H2. The zero-order valence-electron chi connectivity index (χ0n) is 19.2. The normalized spacial score (nSPS) is 23.9. The minimum Gasteiger partial charge on any atom is -0.490 e. The highest BCUT2D eigenvalue weighted by atomic mass is 16.5. The molecule has 3 fully saturated rings. The summed E-state index contributed by atoms with van der Waals surface area (Å²) in [6.07, 6.45) is 11.4. The van der Waals surface area contributed by atoms with E-state index in [1.54, 1.807) is 0 Å². The van der Waals surface area contributed by atoms with Crippen LogP contribution >= 0.6 is 0 Å². The fraction of sp³-hybridized carbons (Fsp3) is 0.571. The van der Waals surface area contributed by atoms with Gasteiger partial charge in [0.2, 0.25) is 0 Å². The highest BCUT2D eigenvalue weighted by Crippen LogP contribution is 2.42. The van der Waals surface area contributed by atoms with Gasteiger partial charge in [-0.1, -0.05) is 24.6 Å². The number of rotatable bonds is 4. The summed E-state index contributed by atoms with van der Waals surface area (Å²) in [6.45, 7) is 4.55. The maximum atomic E-state index is 6.70. The third-order valence-corrected chi connectivity index (χ3v) is 8.37. The molecular formula is C28H36N2O2. The summed E-state index contributed by atoms with van der Waals surface area (Å²) in [5.74, 6) is 2.13. The van der Waals surface area contributed by atoms with E-state index in [9.17, 15) is 0 Å². The van der Waals surface area contributed by atoms with Crippen LogP contribution in [0.4, 0.5) is 5.69 Å². The van der Waals surface area contributed by atoms with E-state index in [-0.39, 0.29) is 5.60 Å². The maximum Gasteiger partial charge on any atom is 0.123 e. The predicted octanol–water partition coefficient (Wildman–Crippen LogP) is 5.45. The topological polar surface area (TPSA) is 24.9 Å². The van der Waals surface area contributed by atoms with E-state index in [0.717, 1.165) is 49.9 Å². The van der Waals surface area contributed by atoms with Crippen LogP contribution in [-0.2, 0) is 6.42 Å². The summed E-state index contributed by atoms with van der Waals surface area (Å²) in [5.41, 5.74) is 2.83. The van der Waals surface area contributed by atoms with Crippen molar-refractivity contribution in [3.05, 3.63) is 54.1 Å². The van der Waals surface area contributed by atoms with Crippen molar-refractivity contribution in [2.75, 3.05) is 31.1 Å². The number of para-hydroxylation sites is 1. The van der Waals surface area contributed by atoms with Crippen LogP contribution in [0.25, 0.3) is 0 Å². The minimum atomic E-state index is 0.0852. The molecule has 6 rings (SSSR count). The molecule has 0 atom stereocenters. The Morgan fingerprint density at radius 3 is 2.34 bits per heavy atom. The second-order valence-electron chi connectivity index (χ2n) is 10.3. The molecule has 0 unspecified atom stereocenters. The molecule has 1 spiro atoms. The van der Waals surface area contributed by atoms with Crippen LogP contribution in [-0.4, -0.2) is 48.8 Å². The first-order chi connectivity index (χ1) is 15.8. The first-order valence-corrected chi connectivity index (χ1v) is 12.8. The van der Waals surface area contributed by atoms with Crippen molar-refractivity contribution in [3.63, 3.8) is 0 Å². The van der Waals surface area contributed by atoms with Gasteiger partial charge >= 0.3 is 0 Å². The van der Waals surface area contributed by atoms with Gasteiger partial charge in [0.15, 0.2) is 0 Å². The van der Waals surface area contributed by atoms with Gasteiger partial charge in [-0.3, -0.25) is 0 Å². The van der Waals surface area contributed by atoms with Crippen molar-refractivity contribution in [3.8, 4) is 11.5 Å². The van der Waals surface area contributed by atoms with E-state index in [0.29, 0.717) is 6.10 Å². The molecule has 4 heteroatoms. The van der Waals surface area contributed by atoms with Crippen LogP contribution in [0, 0.1) is 0 Å². The lowest BCUT2D eigenvalue weighted by Crippen LogP contribution is -2.53. The highest BCUT2D eigenvalue weighted by molar-refractivity contribution is 5.54. The number of benzene rings is 2. The van der Waals surface area contributed by atoms with Gasteiger partial charge in [0.1, 0.15) is 23.2 Å². The summed E-state index contributed by atoms with van der Waals surface area (Å²) in [5, 5.41) is 0. The van der Waals surface area contributed by atoms with Gasteiger partial charge in [0.25, 0.3) is 0 Å². The first kappa shape index (κ1) is 20.4. The fourth-order valence-corrected chi connectivity index (χ4v) is 6.03. The molecule has 1 saturated carbocycles. The zero-order valence-corrected chi connectivity index (χ0v) is 19.2. The highest BCUT2D eigenvalue weighted by Gasteiger charge is 2.41. The predicted molar refractivity (Wildman–Crippen MR) is 129 cm³/mol. The Hall–Kier alpha value is -2.20. The average Bonchev–Trinajstić information content (AvgIpc) is 2.80. The summed E-state index contributed by atoms with van der Waals surface area (Å²) in [7, 11) is 0. The lowest BCUT2D eigenvalue weighted by molar-refractivity contribution is -0.0336. The van der Waals surface area contributed by atoms with E-state index >= 15 is 0 Å². The largest absolute Gasteiger partial charge is 0.490 e. The van der Waals surface area contributed by atoms with Crippen molar-refractivity contribution >= 4 is 5.69 Å². The molecule has 4 nitrogen and oxygen atoms in total. The smallest absolute Gasteiger partial charge is 0.123 e. The molecule has 3 aliphatic heterocycles. The Bertz CT molecular complexity index is 910. The summed E-state index contributed by atoms with van der Waals surface area (Å²) in [6, 6.07) is 18.0. The van der Waals surface area contributed by atoms with E-state index in [2.05, 4.69) is 40.1 Å². The molecule has 2 aromatic carbocycles. The van der Waals surface area contributed by atoms with Crippen LogP contribution in [0.1, 0.15) is 56.9 Å². The van der Waals surface area contributed by atoms with E-state index < -0.39 is 0 Å². The Morgan fingerprint density at radius 1 is 0.844 bits per heavy atom. The molecule has 0 aromatic heterocycles. The number of hydrogen-bond acceptors (Lipinski definition) is 4. The second-order valence-corrected chi connectivity index (χ2v) is 10.3. The molecule has 1 aliphatic carbocycles. The Balaban J connectivity index is 1.05. The van der Waals surface area contributed by atoms with Crippen molar-refractivity contribution in [2.24, 2.45) is 0 Å². The number of fused-ring (bicyclic) bond motifs is 1. The van der Waals surface area contributed by atoms with Crippen LogP contribution in [0.15, 0.2) is 48.5 Å². The monoisotopic (exact) mass is 432 g/mol. The molecule has 4 aliphatic rings. The molecule has 32 heavy (non-hydrogen) atoms. The number of hydrogen-bond donors (Lipinski definition) is 0. The molecule has 2 aromatic rings. The van der Waals surface area contributed by atoms with Crippen LogP contribution in [0.5, 0.6) is 11.5 Å². The molecule has 170 valence electrons. The Kier molecular flexibility index (Phi) is 5.50. The summed E-state index contributed by atoms with van der Waals surface area (Å²) < 4.78 is 12.9. The molecule has 0 bridgehead atoms. The van der Waals surface area contributed by atoms with Gasteiger partial charge in [-0.2, -0.15) is 0 Å². The molecule has 0 amide bonds. The molecule has 0 N–H and O–H groups in total. The minimum absolute atomic E-state index is 0.0852. The summed E-state index contributed by atoms with van der Waals surface area (Å²) in [4.78, 5) is 5.24. The zero-order chi connectivity index (χ0) is 21.4. The Labute approximate surface area is 192 Å². The van der Waals surface area contributed by atoms with E-state index in [1.807, 2.05) is 18.2 Å². The van der Waals surface area contributed by atoms with Crippen LogP contribution in [0.2, 0.25) is 0 Å². The molecule has 3 heterocycles. The second kappa shape index (κ2) is 8.62. The van der Waals surface area contributed by atoms with Crippen molar-refractivity contribution in [1.29, 1.82) is 0 Å². The number of piperidine rings is 2. The van der Waals surface area contributed by atoms with Gasteiger partial charge in [-0.05, 0) is 74.4 Å². The van der Waals surface area contributed by atoms with E-state index in [1.165, 1.54) is 62.9 Å². The number of anilines is 1. The number of ether oxygens (including phenoxy) is 2. The number of nitrogens with zero attached hydrogens (tertiary/aromatic N) is 2. The molecule has 0 radical (unpaired) electrons. The fourth-order valence-electron chi connectivity index (χ4n) is 6.03. The number of likely N-dealkylation sites (tertiary alicyclic amines) is 1. The molecule has 2 saturated heterocycles. The van der Waals surface area contributed by atoms with Crippen LogP contribution < -0.4 is 14.4 Å². The van der Waals surface area contributed by atoms with Gasteiger partial charge in [0, 0.05) is 50.7 Å². The van der Waals surface area contributed by atoms with E-state index in [4.69, 9.17) is 9.47 Å². The Morgan fingerprint density at radius 2 is 1.62 bits per heavy atom. The van der Waals surface area contributed by atoms with Gasteiger partial charge in [-0.25, -0.2) is 0 Å². The number of aryl methyl sites for hydroxylation is 1. The van der Waals surface area contributed by atoms with Crippen molar-refractivity contribution < 1.29 is 9.47 Å². The first-order valence-electron chi connectivity index (χ1n) is 12.8. The lowest BCUT2D eigenvalue weighted by atomic mass is 9.81. The van der Waals surface area contributed by atoms with Crippen LogP contribution in [0.3, 0.4) is 0 Å². The third kappa shape index (κ3) is 4.10. The molecular weight excluding hydrogens is 396 g/mol. The quantitative estimate of drug-likeness (QED) is 0.642. The lowest BCUT2D eigenvalue weighted by Gasteiger charge is -2.48. The average molecular weight is 433 g/mol. The van der Waals surface area contributed by atoms with Gasteiger partial charge in [0.05, 0.1) is 0 Å².